The van der Waals surface area contributed by atoms with Crippen LogP contribution in [0, 0.1) is 5.82 Å². The quantitative estimate of drug-likeness (QED) is 0.802. The number of para-hydroxylation sites is 1. The molecule has 0 bridgehead atoms. The van der Waals surface area contributed by atoms with Crippen LogP contribution in [0.15, 0.2) is 60.7 Å². The Morgan fingerprint density at radius 1 is 1.00 bits per heavy atom. The lowest BCUT2D eigenvalue weighted by atomic mass is 10.1. The zero-order valence-corrected chi connectivity index (χ0v) is 11.9. The van der Waals surface area contributed by atoms with Crippen LogP contribution in [0.2, 0.25) is 0 Å². The Labute approximate surface area is 127 Å². The Bertz CT molecular complexity index is 817. The smallest absolute Gasteiger partial charge is 0.224 e. The van der Waals surface area contributed by atoms with Crippen molar-refractivity contribution in [2.24, 2.45) is 0 Å². The summed E-state index contributed by atoms with van der Waals surface area (Å²) < 4.78 is 13.5. The molecule has 1 amide bonds. The van der Waals surface area contributed by atoms with Crippen LogP contribution in [0.25, 0.3) is 10.9 Å². The van der Waals surface area contributed by atoms with Gasteiger partial charge in [-0.2, -0.15) is 0 Å². The van der Waals surface area contributed by atoms with Gasteiger partial charge in [-0.3, -0.25) is 9.78 Å². The number of fused-ring (bicyclic) bond motifs is 1. The maximum Gasteiger partial charge on any atom is 0.224 e. The van der Waals surface area contributed by atoms with Gasteiger partial charge in [0, 0.05) is 5.39 Å². The van der Waals surface area contributed by atoms with Crippen LogP contribution in [0.4, 0.5) is 4.39 Å². The average molecular weight is 294 g/mol. The van der Waals surface area contributed by atoms with Gasteiger partial charge in [0.2, 0.25) is 5.91 Å². The second-order valence-electron chi connectivity index (χ2n) is 5.04. The largest absolute Gasteiger partial charge is 0.350 e. The molecule has 0 aliphatic carbocycles. The Balaban J connectivity index is 1.63. The fourth-order valence-electron chi connectivity index (χ4n) is 2.27. The Morgan fingerprint density at radius 2 is 1.77 bits per heavy atom. The molecule has 4 heteroatoms. The number of pyridine rings is 1. The molecule has 1 aromatic heterocycles. The highest BCUT2D eigenvalue weighted by atomic mass is 19.1. The van der Waals surface area contributed by atoms with Crippen LogP contribution >= 0.6 is 0 Å². The van der Waals surface area contributed by atoms with E-state index in [0.717, 1.165) is 16.6 Å². The van der Waals surface area contributed by atoms with Crippen molar-refractivity contribution in [2.75, 3.05) is 0 Å². The number of amides is 1. The minimum atomic E-state index is -0.360. The van der Waals surface area contributed by atoms with Crippen molar-refractivity contribution in [1.82, 2.24) is 10.3 Å². The maximum absolute atomic E-state index is 13.5. The molecule has 22 heavy (non-hydrogen) atoms. The molecule has 1 N–H and O–H groups in total. The van der Waals surface area contributed by atoms with E-state index in [9.17, 15) is 9.18 Å². The first-order chi connectivity index (χ1) is 10.7. The number of carbonyl (C=O) groups is 1. The molecule has 3 aromatic rings. The molecule has 0 saturated heterocycles. The van der Waals surface area contributed by atoms with E-state index in [4.69, 9.17) is 0 Å². The van der Waals surface area contributed by atoms with E-state index in [0.29, 0.717) is 12.1 Å². The second-order valence-corrected chi connectivity index (χ2v) is 5.04. The van der Waals surface area contributed by atoms with Crippen LogP contribution in [0.5, 0.6) is 0 Å². The van der Waals surface area contributed by atoms with Gasteiger partial charge in [0.05, 0.1) is 24.2 Å². The molecule has 0 spiro atoms. The van der Waals surface area contributed by atoms with Gasteiger partial charge in [-0.15, -0.1) is 0 Å². The highest BCUT2D eigenvalue weighted by molar-refractivity contribution is 5.79. The zero-order chi connectivity index (χ0) is 15.4. The third kappa shape index (κ3) is 3.28. The van der Waals surface area contributed by atoms with E-state index in [-0.39, 0.29) is 18.1 Å². The fourth-order valence-corrected chi connectivity index (χ4v) is 2.27. The zero-order valence-electron chi connectivity index (χ0n) is 11.9. The number of nitrogens with zero attached hydrogens (tertiary/aromatic N) is 1. The van der Waals surface area contributed by atoms with E-state index in [1.54, 1.807) is 18.2 Å². The first-order valence-corrected chi connectivity index (χ1v) is 7.07. The maximum atomic E-state index is 13.5. The van der Waals surface area contributed by atoms with Gasteiger partial charge in [0.15, 0.2) is 0 Å². The van der Waals surface area contributed by atoms with Crippen molar-refractivity contribution in [3.05, 3.63) is 77.7 Å². The highest BCUT2D eigenvalue weighted by Gasteiger charge is 2.07. The van der Waals surface area contributed by atoms with Gasteiger partial charge in [-0.05, 0) is 23.8 Å². The van der Waals surface area contributed by atoms with Crippen molar-refractivity contribution in [2.45, 2.75) is 13.0 Å². The molecule has 0 saturated carbocycles. The summed E-state index contributed by atoms with van der Waals surface area (Å²) in [6.07, 6.45) is 0.0280. The number of hydrogen-bond donors (Lipinski definition) is 1. The predicted molar refractivity (Wildman–Crippen MR) is 83.7 cm³/mol. The average Bonchev–Trinajstić information content (AvgIpc) is 2.55. The minimum Gasteiger partial charge on any atom is -0.350 e. The lowest BCUT2D eigenvalue weighted by Crippen LogP contribution is -2.25. The van der Waals surface area contributed by atoms with Crippen LogP contribution in [-0.2, 0) is 17.8 Å². The van der Waals surface area contributed by atoms with Gasteiger partial charge >= 0.3 is 0 Å². The molecular weight excluding hydrogens is 279 g/mol. The van der Waals surface area contributed by atoms with Crippen molar-refractivity contribution in [1.29, 1.82) is 0 Å². The van der Waals surface area contributed by atoms with E-state index in [1.165, 1.54) is 6.07 Å². The number of nitrogens with one attached hydrogen (secondary N) is 1. The Hall–Kier alpha value is -2.75. The number of hydrogen-bond acceptors (Lipinski definition) is 2. The monoisotopic (exact) mass is 294 g/mol. The Morgan fingerprint density at radius 3 is 2.64 bits per heavy atom. The molecule has 0 fully saturated rings. The van der Waals surface area contributed by atoms with Crippen LogP contribution in [0.3, 0.4) is 0 Å². The van der Waals surface area contributed by atoms with E-state index >= 15 is 0 Å². The lowest BCUT2D eigenvalue weighted by molar-refractivity contribution is -0.120. The topological polar surface area (TPSA) is 42.0 Å². The number of aromatic nitrogens is 1. The number of halogens is 1. The Kier molecular flexibility index (Phi) is 4.10. The first kappa shape index (κ1) is 14.2. The second kappa shape index (κ2) is 6.35. The third-order valence-corrected chi connectivity index (χ3v) is 3.43. The molecule has 3 nitrogen and oxygen atoms in total. The molecule has 110 valence electrons. The summed E-state index contributed by atoms with van der Waals surface area (Å²) in [5.41, 5.74) is 2.07. The summed E-state index contributed by atoms with van der Waals surface area (Å²) in [6.45, 7) is 0.331. The lowest BCUT2D eigenvalue weighted by Gasteiger charge is -2.06. The molecule has 0 atom stereocenters. The molecule has 0 aliphatic rings. The summed E-state index contributed by atoms with van der Waals surface area (Å²) in [4.78, 5) is 16.4. The number of benzene rings is 2. The van der Waals surface area contributed by atoms with Gasteiger partial charge in [0.1, 0.15) is 5.82 Å². The molecule has 0 radical (unpaired) electrons. The molecule has 0 unspecified atom stereocenters. The van der Waals surface area contributed by atoms with Gasteiger partial charge in [-0.25, -0.2) is 4.39 Å². The SMILES string of the molecule is O=C(Cc1ccccc1F)NCc1ccc2ccccc2n1. The molecule has 1 heterocycles. The summed E-state index contributed by atoms with van der Waals surface area (Å²) in [5, 5.41) is 3.83. The molecule has 0 aliphatic heterocycles. The molecular formula is C18H15FN2O. The summed E-state index contributed by atoms with van der Waals surface area (Å²) in [5.74, 6) is -0.582. The van der Waals surface area contributed by atoms with E-state index in [2.05, 4.69) is 10.3 Å². The van der Waals surface area contributed by atoms with Crippen LogP contribution < -0.4 is 5.32 Å². The predicted octanol–water partition coefficient (Wildman–Crippen LogP) is 3.23. The van der Waals surface area contributed by atoms with E-state index < -0.39 is 0 Å². The minimum absolute atomic E-state index is 0.0280. The molecule has 2 aromatic carbocycles. The standard InChI is InChI=1S/C18H15FN2O/c19-16-7-3-1-6-14(16)11-18(22)20-12-15-10-9-13-5-2-4-8-17(13)21-15/h1-10H,11-12H2,(H,20,22). The van der Waals surface area contributed by atoms with Gasteiger partial charge in [-0.1, -0.05) is 42.5 Å². The number of carbonyl (C=O) groups excluding carboxylic acids is 1. The summed E-state index contributed by atoms with van der Waals surface area (Å²) in [7, 11) is 0. The summed E-state index contributed by atoms with van der Waals surface area (Å²) in [6, 6.07) is 18.0. The first-order valence-electron chi connectivity index (χ1n) is 7.07. The normalized spacial score (nSPS) is 10.6. The van der Waals surface area contributed by atoms with Crippen molar-refractivity contribution >= 4 is 16.8 Å². The van der Waals surface area contributed by atoms with Gasteiger partial charge in [0.25, 0.3) is 0 Å². The van der Waals surface area contributed by atoms with E-state index in [1.807, 2.05) is 36.4 Å². The number of rotatable bonds is 4. The van der Waals surface area contributed by atoms with Crippen LogP contribution in [-0.4, -0.2) is 10.9 Å². The van der Waals surface area contributed by atoms with Crippen LogP contribution in [0.1, 0.15) is 11.3 Å². The third-order valence-electron chi connectivity index (χ3n) is 3.43. The van der Waals surface area contributed by atoms with Crippen molar-refractivity contribution < 1.29 is 9.18 Å². The fraction of sp³-hybridized carbons (Fsp3) is 0.111. The summed E-state index contributed by atoms with van der Waals surface area (Å²) >= 11 is 0. The van der Waals surface area contributed by atoms with Crippen molar-refractivity contribution in [3.8, 4) is 0 Å². The highest BCUT2D eigenvalue weighted by Crippen LogP contribution is 2.12. The molecule has 3 rings (SSSR count). The van der Waals surface area contributed by atoms with Crippen molar-refractivity contribution in [3.63, 3.8) is 0 Å². The van der Waals surface area contributed by atoms with Gasteiger partial charge < -0.3 is 5.32 Å².